The Balaban J connectivity index is 0.00000169. The lowest BCUT2D eigenvalue weighted by molar-refractivity contribution is -0.139. The number of amides is 1. The average Bonchev–Trinajstić information content (AvgIpc) is 2.91. The molecule has 1 unspecified atom stereocenters. The van der Waals surface area contributed by atoms with Gasteiger partial charge < -0.3 is 15.0 Å². The van der Waals surface area contributed by atoms with E-state index in [1.165, 1.54) is 12.8 Å². The topological polar surface area (TPSA) is 72.3 Å². The Kier molecular flexibility index (Phi) is 9.85. The largest absolute Gasteiger partial charge is 0.373 e. The number of piperidine rings is 1. The summed E-state index contributed by atoms with van der Waals surface area (Å²) in [5, 5.41) is 7.76. The summed E-state index contributed by atoms with van der Waals surface area (Å²) in [6.45, 7) is 8.65. The Bertz CT molecular complexity index is 563. The lowest BCUT2D eigenvalue weighted by atomic mass is 9.93. The Morgan fingerprint density at radius 1 is 1.27 bits per heavy atom. The zero-order valence-corrected chi connectivity index (χ0v) is 17.3. The van der Waals surface area contributed by atoms with E-state index in [2.05, 4.69) is 15.4 Å². The van der Waals surface area contributed by atoms with Crippen LogP contribution in [-0.4, -0.2) is 64.5 Å². The lowest BCUT2D eigenvalue weighted by Crippen LogP contribution is -2.47. The number of carbonyl (C=O) groups is 1. The first-order chi connectivity index (χ1) is 11.6. The highest BCUT2D eigenvalue weighted by molar-refractivity contribution is 5.85. The second-order valence-electron chi connectivity index (χ2n) is 6.95. The third-order valence-corrected chi connectivity index (χ3v) is 5.06. The molecule has 1 N–H and O–H groups in total. The van der Waals surface area contributed by atoms with Gasteiger partial charge in [-0.15, -0.1) is 24.8 Å². The molecule has 150 valence electrons. The number of morpholine rings is 1. The van der Waals surface area contributed by atoms with Gasteiger partial charge in [0.1, 0.15) is 11.6 Å². The summed E-state index contributed by atoms with van der Waals surface area (Å²) in [7, 11) is 0. The number of ether oxygens (including phenoxy) is 1. The molecule has 2 saturated heterocycles. The number of rotatable bonds is 5. The summed E-state index contributed by atoms with van der Waals surface area (Å²) in [6, 6.07) is 0. The molecule has 2 fully saturated rings. The van der Waals surface area contributed by atoms with Gasteiger partial charge in [-0.3, -0.25) is 4.79 Å². The molecule has 0 saturated carbocycles. The molecule has 1 amide bonds. The number of nitrogens with zero attached hydrogens (tertiary/aromatic N) is 4. The van der Waals surface area contributed by atoms with E-state index < -0.39 is 0 Å². The van der Waals surface area contributed by atoms with Gasteiger partial charge in [0.2, 0.25) is 5.91 Å². The quantitative estimate of drug-likeness (QED) is 0.804. The Morgan fingerprint density at radius 2 is 2.00 bits per heavy atom. The fourth-order valence-electron chi connectivity index (χ4n) is 3.64. The predicted octanol–water partition coefficient (Wildman–Crippen LogP) is 1.75. The van der Waals surface area contributed by atoms with Gasteiger partial charge >= 0.3 is 0 Å². The number of halogens is 2. The minimum Gasteiger partial charge on any atom is -0.373 e. The van der Waals surface area contributed by atoms with Gasteiger partial charge in [-0.1, -0.05) is 0 Å². The van der Waals surface area contributed by atoms with Gasteiger partial charge in [-0.05, 0) is 52.1 Å². The fourth-order valence-corrected chi connectivity index (χ4v) is 3.64. The van der Waals surface area contributed by atoms with Crippen LogP contribution >= 0.6 is 24.8 Å². The van der Waals surface area contributed by atoms with Gasteiger partial charge in [0, 0.05) is 19.5 Å². The maximum Gasteiger partial charge on any atom is 0.222 e. The molecule has 1 aromatic rings. The molecule has 7 nitrogen and oxygen atoms in total. The van der Waals surface area contributed by atoms with Crippen molar-refractivity contribution in [2.45, 2.75) is 52.2 Å². The van der Waals surface area contributed by atoms with Crippen molar-refractivity contribution < 1.29 is 9.53 Å². The van der Waals surface area contributed by atoms with Crippen LogP contribution in [0.25, 0.3) is 0 Å². The highest BCUT2D eigenvalue weighted by atomic mass is 35.5. The van der Waals surface area contributed by atoms with Crippen molar-refractivity contribution in [2.24, 2.45) is 5.92 Å². The van der Waals surface area contributed by atoms with E-state index in [0.29, 0.717) is 38.6 Å². The zero-order valence-electron chi connectivity index (χ0n) is 15.6. The summed E-state index contributed by atoms with van der Waals surface area (Å²) in [6.07, 6.45) is 4.08. The monoisotopic (exact) mass is 407 g/mol. The van der Waals surface area contributed by atoms with Gasteiger partial charge in [0.25, 0.3) is 0 Å². The van der Waals surface area contributed by atoms with Crippen LogP contribution in [-0.2, 0) is 16.1 Å². The molecule has 3 rings (SSSR count). The van der Waals surface area contributed by atoms with Crippen LogP contribution in [0, 0.1) is 19.8 Å². The Hall–Kier alpha value is -0.890. The second kappa shape index (κ2) is 11.1. The molecule has 0 aliphatic carbocycles. The van der Waals surface area contributed by atoms with Crippen LogP contribution in [0.3, 0.4) is 0 Å². The van der Waals surface area contributed by atoms with Crippen LogP contribution < -0.4 is 5.32 Å². The molecule has 1 aromatic heterocycles. The summed E-state index contributed by atoms with van der Waals surface area (Å²) in [5.41, 5.74) is 0. The van der Waals surface area contributed by atoms with Crippen molar-refractivity contribution in [1.29, 1.82) is 0 Å². The molecule has 3 heterocycles. The first-order valence-electron chi connectivity index (χ1n) is 9.10. The summed E-state index contributed by atoms with van der Waals surface area (Å²) >= 11 is 0. The molecular weight excluding hydrogens is 377 g/mol. The van der Waals surface area contributed by atoms with Gasteiger partial charge in [0.05, 0.1) is 19.3 Å². The highest BCUT2D eigenvalue weighted by Gasteiger charge is 2.26. The van der Waals surface area contributed by atoms with E-state index in [0.717, 1.165) is 31.2 Å². The molecule has 0 radical (unpaired) electrons. The predicted molar refractivity (Wildman–Crippen MR) is 105 cm³/mol. The van der Waals surface area contributed by atoms with Crippen LogP contribution in [0.5, 0.6) is 0 Å². The maximum absolute atomic E-state index is 12.5. The van der Waals surface area contributed by atoms with Crippen LogP contribution in [0.15, 0.2) is 0 Å². The van der Waals surface area contributed by atoms with E-state index in [-0.39, 0.29) is 36.8 Å². The first kappa shape index (κ1) is 23.1. The number of aromatic nitrogens is 3. The first-order valence-corrected chi connectivity index (χ1v) is 9.10. The molecule has 2 aliphatic rings. The zero-order chi connectivity index (χ0) is 16.9. The third kappa shape index (κ3) is 6.37. The van der Waals surface area contributed by atoms with E-state index in [1.54, 1.807) is 0 Å². The SMILES string of the molecule is Cc1nc(C)n(CC2CN(C(=O)CCC3CCNCC3)CCO2)n1.Cl.Cl. The lowest BCUT2D eigenvalue weighted by Gasteiger charge is -2.33. The average molecular weight is 408 g/mol. The molecule has 26 heavy (non-hydrogen) atoms. The number of nitrogens with one attached hydrogen (secondary N) is 1. The number of hydrogen-bond donors (Lipinski definition) is 1. The van der Waals surface area contributed by atoms with E-state index in [1.807, 2.05) is 23.4 Å². The standard InChI is InChI=1S/C17H29N5O2.2ClH/c1-13-19-14(2)22(20-13)12-16-11-21(9-10-24-16)17(23)4-3-15-5-7-18-8-6-15;;/h15-16,18H,3-12H2,1-2H3;2*1H. The maximum atomic E-state index is 12.5. The fraction of sp³-hybridized carbons (Fsp3) is 0.824. The van der Waals surface area contributed by atoms with Crippen molar-refractivity contribution >= 4 is 30.7 Å². The van der Waals surface area contributed by atoms with Crippen molar-refractivity contribution in [3.63, 3.8) is 0 Å². The normalized spacial score (nSPS) is 21.0. The number of aryl methyl sites for hydroxylation is 2. The number of carbonyl (C=O) groups excluding carboxylic acids is 1. The molecule has 9 heteroatoms. The number of hydrogen-bond acceptors (Lipinski definition) is 5. The van der Waals surface area contributed by atoms with Gasteiger partial charge in [0.15, 0.2) is 0 Å². The summed E-state index contributed by atoms with van der Waals surface area (Å²) in [5.74, 6) is 2.64. The Labute approximate surface area is 168 Å². The van der Waals surface area contributed by atoms with Crippen molar-refractivity contribution in [1.82, 2.24) is 25.0 Å². The van der Waals surface area contributed by atoms with Crippen LogP contribution in [0.2, 0.25) is 0 Å². The van der Waals surface area contributed by atoms with Crippen molar-refractivity contribution in [3.8, 4) is 0 Å². The van der Waals surface area contributed by atoms with E-state index >= 15 is 0 Å². The summed E-state index contributed by atoms with van der Waals surface area (Å²) in [4.78, 5) is 18.8. The smallest absolute Gasteiger partial charge is 0.222 e. The molecule has 2 aliphatic heterocycles. The minimum absolute atomic E-state index is 0. The molecule has 0 bridgehead atoms. The van der Waals surface area contributed by atoms with Crippen molar-refractivity contribution in [2.75, 3.05) is 32.8 Å². The highest BCUT2D eigenvalue weighted by Crippen LogP contribution is 2.19. The van der Waals surface area contributed by atoms with Crippen molar-refractivity contribution in [3.05, 3.63) is 11.6 Å². The third-order valence-electron chi connectivity index (χ3n) is 5.06. The van der Waals surface area contributed by atoms with E-state index in [4.69, 9.17) is 4.74 Å². The minimum atomic E-state index is 0. The molecule has 0 spiro atoms. The molecule has 1 atom stereocenters. The van der Waals surface area contributed by atoms with Gasteiger partial charge in [-0.25, -0.2) is 9.67 Å². The Morgan fingerprint density at radius 3 is 2.65 bits per heavy atom. The second-order valence-corrected chi connectivity index (χ2v) is 6.95. The van der Waals surface area contributed by atoms with E-state index in [9.17, 15) is 4.79 Å². The molecule has 0 aromatic carbocycles. The van der Waals surface area contributed by atoms with Crippen LogP contribution in [0.1, 0.15) is 37.3 Å². The summed E-state index contributed by atoms with van der Waals surface area (Å²) < 4.78 is 7.71. The van der Waals surface area contributed by atoms with Crippen LogP contribution in [0.4, 0.5) is 0 Å². The molecular formula is C17H31Cl2N5O2. The van der Waals surface area contributed by atoms with Gasteiger partial charge in [-0.2, -0.15) is 5.10 Å².